The van der Waals surface area contributed by atoms with Gasteiger partial charge in [-0.1, -0.05) is 19.1 Å². The van der Waals surface area contributed by atoms with Crippen LogP contribution in [0.5, 0.6) is 0 Å². The zero-order chi connectivity index (χ0) is 18.2. The van der Waals surface area contributed by atoms with Crippen LogP contribution in [-0.2, 0) is 9.59 Å². The van der Waals surface area contributed by atoms with Gasteiger partial charge < -0.3 is 10.6 Å². The summed E-state index contributed by atoms with van der Waals surface area (Å²) in [6, 6.07) is 5.94. The van der Waals surface area contributed by atoms with Gasteiger partial charge in [-0.05, 0) is 37.5 Å². The van der Waals surface area contributed by atoms with Crippen molar-refractivity contribution in [1.82, 2.24) is 15.1 Å². The fourth-order valence-corrected chi connectivity index (χ4v) is 2.91. The average Bonchev–Trinajstić information content (AvgIpc) is 2.59. The first-order valence-electron chi connectivity index (χ1n) is 9.07. The number of benzene rings is 1. The highest BCUT2D eigenvalue weighted by Gasteiger charge is 2.20. The summed E-state index contributed by atoms with van der Waals surface area (Å²) >= 11 is 0. The van der Waals surface area contributed by atoms with Crippen molar-refractivity contribution >= 4 is 17.5 Å². The summed E-state index contributed by atoms with van der Waals surface area (Å²) in [7, 11) is 0. The van der Waals surface area contributed by atoms with E-state index >= 15 is 0 Å². The summed E-state index contributed by atoms with van der Waals surface area (Å²) in [5.74, 6) is 0.103. The van der Waals surface area contributed by atoms with Crippen LogP contribution in [0.2, 0.25) is 0 Å². The normalized spacial score (nSPS) is 15.8. The van der Waals surface area contributed by atoms with E-state index in [0.717, 1.165) is 50.4 Å². The smallest absolute Gasteiger partial charge is 0.238 e. The Morgan fingerprint density at radius 1 is 1.00 bits per heavy atom. The number of hydrogen-bond donors (Lipinski definition) is 2. The third-order valence-corrected chi connectivity index (χ3v) is 4.65. The lowest BCUT2D eigenvalue weighted by molar-refractivity contribution is -0.123. The van der Waals surface area contributed by atoms with Crippen LogP contribution in [0.3, 0.4) is 0 Å². The molecule has 2 rings (SSSR count). The molecular formula is C19H30N4O2. The average molecular weight is 346 g/mol. The van der Waals surface area contributed by atoms with Gasteiger partial charge in [0.05, 0.1) is 13.1 Å². The van der Waals surface area contributed by atoms with Crippen molar-refractivity contribution in [2.75, 3.05) is 51.1 Å². The van der Waals surface area contributed by atoms with Gasteiger partial charge in [0.1, 0.15) is 0 Å². The van der Waals surface area contributed by atoms with Crippen LogP contribution in [0.1, 0.15) is 24.5 Å². The molecule has 1 saturated heterocycles. The second kappa shape index (κ2) is 9.53. The summed E-state index contributed by atoms with van der Waals surface area (Å²) < 4.78 is 0. The number of carbonyl (C=O) groups is 2. The molecule has 0 aliphatic carbocycles. The van der Waals surface area contributed by atoms with Crippen molar-refractivity contribution in [3.05, 3.63) is 29.3 Å². The Bertz CT molecular complexity index is 595. The molecule has 1 fully saturated rings. The van der Waals surface area contributed by atoms with Crippen molar-refractivity contribution in [3.63, 3.8) is 0 Å². The third-order valence-electron chi connectivity index (χ3n) is 4.65. The van der Waals surface area contributed by atoms with Crippen molar-refractivity contribution in [2.24, 2.45) is 0 Å². The van der Waals surface area contributed by atoms with Crippen molar-refractivity contribution in [2.45, 2.75) is 27.2 Å². The van der Waals surface area contributed by atoms with Crippen molar-refractivity contribution in [1.29, 1.82) is 0 Å². The zero-order valence-electron chi connectivity index (χ0n) is 15.6. The van der Waals surface area contributed by atoms with Gasteiger partial charge >= 0.3 is 0 Å². The molecule has 1 aliphatic heterocycles. The molecule has 0 saturated carbocycles. The summed E-state index contributed by atoms with van der Waals surface area (Å²) in [5.41, 5.74) is 3.17. The second-order valence-corrected chi connectivity index (χ2v) is 6.70. The molecule has 1 heterocycles. The first-order chi connectivity index (χ1) is 12.0. The molecule has 6 nitrogen and oxygen atoms in total. The maximum atomic E-state index is 12.3. The van der Waals surface area contributed by atoms with Gasteiger partial charge in [-0.2, -0.15) is 0 Å². The fourth-order valence-electron chi connectivity index (χ4n) is 2.91. The lowest BCUT2D eigenvalue weighted by atomic mass is 10.1. The van der Waals surface area contributed by atoms with Gasteiger partial charge in [0, 0.05) is 38.4 Å². The van der Waals surface area contributed by atoms with Crippen molar-refractivity contribution in [3.8, 4) is 0 Å². The van der Waals surface area contributed by atoms with Crippen LogP contribution in [0, 0.1) is 13.8 Å². The predicted octanol–water partition coefficient (Wildman–Crippen LogP) is 1.39. The molecule has 2 N–H and O–H groups in total. The Labute approximate surface area is 150 Å². The lowest BCUT2D eigenvalue weighted by Gasteiger charge is -2.33. The van der Waals surface area contributed by atoms with Crippen LogP contribution in [-0.4, -0.2) is 67.4 Å². The maximum Gasteiger partial charge on any atom is 0.238 e. The first kappa shape index (κ1) is 19.4. The van der Waals surface area contributed by atoms with E-state index in [4.69, 9.17) is 0 Å². The minimum Gasteiger partial charge on any atom is -0.355 e. The van der Waals surface area contributed by atoms with E-state index in [0.29, 0.717) is 13.1 Å². The van der Waals surface area contributed by atoms with Crippen molar-refractivity contribution < 1.29 is 9.59 Å². The number of rotatable bonds is 7. The highest BCUT2D eigenvalue weighted by molar-refractivity contribution is 5.93. The Morgan fingerprint density at radius 2 is 1.60 bits per heavy atom. The first-order valence-corrected chi connectivity index (χ1v) is 9.07. The number of anilines is 1. The van der Waals surface area contributed by atoms with Gasteiger partial charge in [-0.3, -0.25) is 19.4 Å². The van der Waals surface area contributed by atoms with Gasteiger partial charge in [-0.25, -0.2) is 0 Å². The number of nitrogens with one attached hydrogen (secondary N) is 2. The van der Waals surface area contributed by atoms with Crippen LogP contribution in [0.15, 0.2) is 18.2 Å². The molecule has 6 heteroatoms. The molecule has 0 atom stereocenters. The molecule has 2 amide bonds. The Morgan fingerprint density at radius 3 is 2.20 bits per heavy atom. The van der Waals surface area contributed by atoms with Crippen LogP contribution >= 0.6 is 0 Å². The quantitative estimate of drug-likeness (QED) is 0.783. The largest absolute Gasteiger partial charge is 0.355 e. The summed E-state index contributed by atoms with van der Waals surface area (Å²) in [6.07, 6.45) is 0.953. The van der Waals surface area contributed by atoms with Gasteiger partial charge in [0.2, 0.25) is 11.8 Å². The van der Waals surface area contributed by atoms with E-state index in [-0.39, 0.29) is 11.8 Å². The Balaban J connectivity index is 1.73. The molecule has 0 bridgehead atoms. The van der Waals surface area contributed by atoms with E-state index in [2.05, 4.69) is 20.4 Å². The number of nitrogens with zero attached hydrogens (tertiary/aromatic N) is 2. The summed E-state index contributed by atoms with van der Waals surface area (Å²) in [6.45, 7) is 10.9. The second-order valence-electron chi connectivity index (χ2n) is 6.70. The topological polar surface area (TPSA) is 64.7 Å². The third kappa shape index (κ3) is 6.14. The number of carbonyl (C=O) groups excluding carboxylic acids is 2. The lowest BCUT2D eigenvalue weighted by Crippen LogP contribution is -2.51. The van der Waals surface area contributed by atoms with Crippen LogP contribution in [0.4, 0.5) is 5.69 Å². The Kier molecular flexibility index (Phi) is 7.40. The molecule has 25 heavy (non-hydrogen) atoms. The molecule has 1 aromatic carbocycles. The monoisotopic (exact) mass is 346 g/mol. The van der Waals surface area contributed by atoms with E-state index in [1.165, 1.54) is 5.56 Å². The molecule has 0 radical (unpaired) electrons. The molecular weight excluding hydrogens is 316 g/mol. The van der Waals surface area contributed by atoms with E-state index < -0.39 is 0 Å². The minimum absolute atomic E-state index is 0.0165. The molecule has 138 valence electrons. The number of hydrogen-bond acceptors (Lipinski definition) is 4. The molecule has 0 aromatic heterocycles. The van der Waals surface area contributed by atoms with Crippen LogP contribution in [0.25, 0.3) is 0 Å². The SMILES string of the molecule is CCCNC(=O)CN1CCN(CC(=O)Nc2cccc(C)c2C)CC1. The van der Waals surface area contributed by atoms with Gasteiger partial charge in [-0.15, -0.1) is 0 Å². The highest BCUT2D eigenvalue weighted by Crippen LogP contribution is 2.17. The predicted molar refractivity (Wildman–Crippen MR) is 101 cm³/mol. The number of amides is 2. The van der Waals surface area contributed by atoms with E-state index in [9.17, 15) is 9.59 Å². The van der Waals surface area contributed by atoms with Gasteiger partial charge in [0.25, 0.3) is 0 Å². The highest BCUT2D eigenvalue weighted by atomic mass is 16.2. The standard InChI is InChI=1S/C19H30N4O2/c1-4-8-20-18(24)13-22-9-11-23(12-10-22)14-19(25)21-17-7-5-6-15(2)16(17)3/h5-7H,4,8-14H2,1-3H3,(H,20,24)(H,21,25). The fraction of sp³-hybridized carbons (Fsp3) is 0.579. The minimum atomic E-state index is 0.0165. The molecule has 1 aromatic rings. The molecule has 0 spiro atoms. The zero-order valence-corrected chi connectivity index (χ0v) is 15.6. The Hall–Kier alpha value is -1.92. The number of aryl methyl sites for hydroxylation is 1. The van der Waals surface area contributed by atoms with E-state index in [1.54, 1.807) is 0 Å². The molecule has 1 aliphatic rings. The van der Waals surface area contributed by atoms with Crippen LogP contribution < -0.4 is 10.6 Å². The molecule has 0 unspecified atom stereocenters. The maximum absolute atomic E-state index is 12.3. The number of piperazine rings is 1. The van der Waals surface area contributed by atoms with E-state index in [1.807, 2.05) is 39.0 Å². The summed E-state index contributed by atoms with van der Waals surface area (Å²) in [4.78, 5) is 28.3. The summed E-state index contributed by atoms with van der Waals surface area (Å²) in [5, 5.41) is 5.91. The van der Waals surface area contributed by atoms with Gasteiger partial charge in [0.15, 0.2) is 0 Å².